The van der Waals surface area contributed by atoms with Crippen molar-refractivity contribution in [3.63, 3.8) is 0 Å². The summed E-state index contributed by atoms with van der Waals surface area (Å²) in [6.45, 7) is 3.79. The van der Waals surface area contributed by atoms with Crippen LogP contribution in [0.2, 0.25) is 0 Å². The largest absolute Gasteiger partial charge is 0.299 e. The molecule has 2 aliphatic rings. The fraction of sp³-hybridized carbons (Fsp3) is 0.917. The molecule has 0 heterocycles. The number of halogens is 2. The maximum absolute atomic E-state index is 13.1. The first-order valence-corrected chi connectivity index (χ1v) is 5.80. The van der Waals surface area contributed by atoms with Gasteiger partial charge < -0.3 is 0 Å². The van der Waals surface area contributed by atoms with Crippen LogP contribution in [0.1, 0.15) is 39.5 Å². The summed E-state index contributed by atoms with van der Waals surface area (Å²) < 4.78 is 26.1. The summed E-state index contributed by atoms with van der Waals surface area (Å²) in [6.07, 6.45) is 1.44. The maximum Gasteiger partial charge on any atom is 0.248 e. The molecular weight excluding hydrogens is 198 g/mol. The van der Waals surface area contributed by atoms with Gasteiger partial charge in [-0.3, -0.25) is 4.79 Å². The zero-order valence-corrected chi connectivity index (χ0v) is 9.30. The Hall–Kier alpha value is -0.470. The molecule has 0 bridgehead atoms. The topological polar surface area (TPSA) is 17.1 Å². The molecule has 0 N–H and O–H groups in total. The van der Waals surface area contributed by atoms with Gasteiger partial charge in [0.15, 0.2) is 0 Å². The van der Waals surface area contributed by atoms with Crippen LogP contribution in [0.4, 0.5) is 8.78 Å². The van der Waals surface area contributed by atoms with Gasteiger partial charge in [0, 0.05) is 24.7 Å². The number of hydrogen-bond acceptors (Lipinski definition) is 1. The average Bonchev–Trinajstić information content (AvgIpc) is 2.55. The highest BCUT2D eigenvalue weighted by atomic mass is 19.3. The van der Waals surface area contributed by atoms with Gasteiger partial charge in [0.25, 0.3) is 0 Å². The van der Waals surface area contributed by atoms with E-state index >= 15 is 0 Å². The number of rotatable bonds is 2. The van der Waals surface area contributed by atoms with Crippen LogP contribution in [0.15, 0.2) is 0 Å². The number of hydrogen-bond donors (Lipinski definition) is 0. The second-order valence-electron chi connectivity index (χ2n) is 5.51. The van der Waals surface area contributed by atoms with Gasteiger partial charge in [-0.05, 0) is 24.7 Å². The van der Waals surface area contributed by atoms with Crippen LogP contribution < -0.4 is 0 Å². The monoisotopic (exact) mass is 216 g/mol. The summed E-state index contributed by atoms with van der Waals surface area (Å²) in [7, 11) is 0. The molecule has 2 fully saturated rings. The van der Waals surface area contributed by atoms with Gasteiger partial charge in [0.2, 0.25) is 5.92 Å². The minimum Gasteiger partial charge on any atom is -0.299 e. The minimum atomic E-state index is -2.46. The van der Waals surface area contributed by atoms with Crippen LogP contribution in [0.5, 0.6) is 0 Å². The highest BCUT2D eigenvalue weighted by Crippen LogP contribution is 2.53. The van der Waals surface area contributed by atoms with Crippen molar-refractivity contribution in [2.75, 3.05) is 0 Å². The SMILES string of the molecule is CC(C)C(=O)[C@H]1C[C@@H]2CC(F)(F)C[C@@H]2C1. The zero-order valence-electron chi connectivity index (χ0n) is 9.30. The summed E-state index contributed by atoms with van der Waals surface area (Å²) in [6, 6.07) is 0. The number of carbonyl (C=O) groups is 1. The van der Waals surface area contributed by atoms with Crippen molar-refractivity contribution in [1.29, 1.82) is 0 Å². The van der Waals surface area contributed by atoms with Crippen LogP contribution in [0.25, 0.3) is 0 Å². The van der Waals surface area contributed by atoms with E-state index in [0.717, 1.165) is 0 Å². The number of carbonyl (C=O) groups excluding carboxylic acids is 1. The summed E-state index contributed by atoms with van der Waals surface area (Å²) in [5, 5.41) is 0. The molecule has 0 aliphatic heterocycles. The molecule has 0 aromatic rings. The van der Waals surface area contributed by atoms with Gasteiger partial charge in [-0.25, -0.2) is 8.78 Å². The molecule has 2 saturated carbocycles. The zero-order chi connectivity index (χ0) is 11.2. The molecular formula is C12H18F2O. The lowest BCUT2D eigenvalue weighted by atomic mass is 9.91. The second-order valence-corrected chi connectivity index (χ2v) is 5.51. The van der Waals surface area contributed by atoms with Gasteiger partial charge in [-0.2, -0.15) is 0 Å². The van der Waals surface area contributed by atoms with Crippen LogP contribution in [0.3, 0.4) is 0 Å². The first-order valence-electron chi connectivity index (χ1n) is 5.80. The summed E-state index contributed by atoms with van der Waals surface area (Å²) in [5.74, 6) is -1.86. The second kappa shape index (κ2) is 3.53. The van der Waals surface area contributed by atoms with Gasteiger partial charge in [-0.15, -0.1) is 0 Å². The Morgan fingerprint density at radius 3 is 2.07 bits per heavy atom. The van der Waals surface area contributed by atoms with E-state index in [0.29, 0.717) is 12.8 Å². The Morgan fingerprint density at radius 1 is 1.20 bits per heavy atom. The number of ketones is 1. The molecule has 0 spiro atoms. The molecule has 3 atom stereocenters. The molecule has 0 saturated heterocycles. The number of fused-ring (bicyclic) bond motifs is 1. The van der Waals surface area contributed by atoms with Crippen molar-refractivity contribution < 1.29 is 13.6 Å². The van der Waals surface area contributed by atoms with Crippen molar-refractivity contribution in [2.24, 2.45) is 23.7 Å². The predicted molar refractivity (Wildman–Crippen MR) is 53.7 cm³/mol. The van der Waals surface area contributed by atoms with Crippen LogP contribution in [-0.4, -0.2) is 11.7 Å². The normalized spacial score (nSPS) is 38.3. The van der Waals surface area contributed by atoms with Gasteiger partial charge in [-0.1, -0.05) is 13.8 Å². The van der Waals surface area contributed by atoms with Crippen molar-refractivity contribution >= 4 is 5.78 Å². The van der Waals surface area contributed by atoms with Gasteiger partial charge in [0.1, 0.15) is 5.78 Å². The third kappa shape index (κ3) is 2.06. The average molecular weight is 216 g/mol. The Labute approximate surface area is 89.2 Å². The molecule has 0 aromatic heterocycles. The molecule has 15 heavy (non-hydrogen) atoms. The highest BCUT2D eigenvalue weighted by Gasteiger charge is 2.51. The molecule has 3 heteroatoms. The standard InChI is InChI=1S/C12H18F2O/c1-7(2)11(15)8-3-9-5-12(13,14)6-10(9)4-8/h7-10H,3-6H2,1-2H3/t8-,9+,10-. The van der Waals surface area contributed by atoms with Crippen LogP contribution in [-0.2, 0) is 4.79 Å². The predicted octanol–water partition coefficient (Wildman–Crippen LogP) is 3.28. The van der Waals surface area contributed by atoms with Crippen molar-refractivity contribution in [3.05, 3.63) is 0 Å². The molecule has 0 amide bonds. The Balaban J connectivity index is 1.97. The van der Waals surface area contributed by atoms with Crippen LogP contribution >= 0.6 is 0 Å². The quantitative estimate of drug-likeness (QED) is 0.692. The lowest BCUT2D eigenvalue weighted by molar-refractivity contribution is -0.126. The summed E-state index contributed by atoms with van der Waals surface area (Å²) in [5.41, 5.74) is 0. The van der Waals surface area contributed by atoms with Gasteiger partial charge >= 0.3 is 0 Å². The molecule has 0 aromatic carbocycles. The Bertz CT molecular complexity index is 257. The first kappa shape index (κ1) is 11.0. The van der Waals surface area contributed by atoms with Crippen molar-refractivity contribution in [1.82, 2.24) is 0 Å². The number of Topliss-reactive ketones (excluding diaryl/α,β-unsaturated/α-hetero) is 1. The fourth-order valence-electron chi connectivity index (χ4n) is 3.27. The third-order valence-corrected chi connectivity index (χ3v) is 3.93. The molecule has 2 rings (SSSR count). The first-order chi connectivity index (χ1) is 6.89. The molecule has 0 unspecified atom stereocenters. The molecule has 0 radical (unpaired) electrons. The van der Waals surface area contributed by atoms with E-state index in [1.807, 2.05) is 13.8 Å². The van der Waals surface area contributed by atoms with E-state index in [1.54, 1.807) is 0 Å². The molecule has 2 aliphatic carbocycles. The van der Waals surface area contributed by atoms with Gasteiger partial charge in [0.05, 0.1) is 0 Å². The lowest BCUT2D eigenvalue weighted by Crippen LogP contribution is -2.20. The third-order valence-electron chi connectivity index (χ3n) is 3.93. The Kier molecular flexibility index (Phi) is 2.60. The van der Waals surface area contributed by atoms with E-state index in [-0.39, 0.29) is 42.3 Å². The van der Waals surface area contributed by atoms with E-state index in [4.69, 9.17) is 0 Å². The van der Waals surface area contributed by atoms with E-state index in [2.05, 4.69) is 0 Å². The van der Waals surface area contributed by atoms with Crippen LogP contribution in [0, 0.1) is 23.7 Å². The van der Waals surface area contributed by atoms with Crippen molar-refractivity contribution in [3.8, 4) is 0 Å². The molecule has 1 nitrogen and oxygen atoms in total. The minimum absolute atomic E-state index is 0.0134. The summed E-state index contributed by atoms with van der Waals surface area (Å²) in [4.78, 5) is 11.8. The summed E-state index contributed by atoms with van der Waals surface area (Å²) >= 11 is 0. The van der Waals surface area contributed by atoms with E-state index < -0.39 is 5.92 Å². The highest BCUT2D eigenvalue weighted by molar-refractivity contribution is 5.83. The Morgan fingerprint density at radius 2 is 1.67 bits per heavy atom. The van der Waals surface area contributed by atoms with Crippen molar-refractivity contribution in [2.45, 2.75) is 45.5 Å². The number of alkyl halides is 2. The van der Waals surface area contributed by atoms with E-state index in [9.17, 15) is 13.6 Å². The fourth-order valence-corrected chi connectivity index (χ4v) is 3.27. The maximum atomic E-state index is 13.1. The lowest BCUT2D eigenvalue weighted by Gasteiger charge is -2.15. The molecule has 86 valence electrons. The van der Waals surface area contributed by atoms with E-state index in [1.165, 1.54) is 0 Å². The smallest absolute Gasteiger partial charge is 0.248 e.